The Kier molecular flexibility index (Phi) is 4.80. The van der Waals surface area contributed by atoms with E-state index in [0.29, 0.717) is 27.5 Å². The van der Waals surface area contributed by atoms with E-state index < -0.39 is 4.92 Å². The van der Waals surface area contributed by atoms with E-state index in [4.69, 9.17) is 28.5 Å². The Labute approximate surface area is 133 Å². The van der Waals surface area contributed by atoms with Crippen molar-refractivity contribution in [1.29, 1.82) is 5.26 Å². The fourth-order valence-electron chi connectivity index (χ4n) is 1.37. The predicted molar refractivity (Wildman–Crippen MR) is 79.9 cm³/mol. The Morgan fingerprint density at radius 1 is 1.38 bits per heavy atom. The lowest BCUT2D eigenvalue weighted by atomic mass is 10.3. The zero-order chi connectivity index (χ0) is 15.4. The summed E-state index contributed by atoms with van der Waals surface area (Å²) in [7, 11) is 0. The normalized spacial score (nSPS) is 9.95. The van der Waals surface area contributed by atoms with E-state index in [0.717, 1.165) is 6.20 Å². The van der Waals surface area contributed by atoms with Gasteiger partial charge in [0.1, 0.15) is 11.6 Å². The second-order valence-electron chi connectivity index (χ2n) is 3.59. The molecule has 0 radical (unpaired) electrons. The summed E-state index contributed by atoms with van der Waals surface area (Å²) < 4.78 is 0. The van der Waals surface area contributed by atoms with E-state index in [-0.39, 0.29) is 16.7 Å². The van der Waals surface area contributed by atoms with Gasteiger partial charge in [-0.05, 0) is 18.2 Å². The van der Waals surface area contributed by atoms with Crippen LogP contribution in [0.2, 0.25) is 10.0 Å². The van der Waals surface area contributed by atoms with Crippen LogP contribution in [0.3, 0.4) is 0 Å². The van der Waals surface area contributed by atoms with Crippen molar-refractivity contribution in [2.45, 2.75) is 5.03 Å². The van der Waals surface area contributed by atoms with Crippen LogP contribution in [-0.2, 0) is 0 Å². The van der Waals surface area contributed by atoms with Gasteiger partial charge in [0, 0.05) is 17.4 Å². The zero-order valence-electron chi connectivity index (χ0n) is 10.1. The van der Waals surface area contributed by atoms with E-state index in [2.05, 4.69) is 15.3 Å². The van der Waals surface area contributed by atoms with Crippen molar-refractivity contribution in [2.24, 2.45) is 0 Å². The maximum absolute atomic E-state index is 10.8. The highest BCUT2D eigenvalue weighted by atomic mass is 35.5. The largest absolute Gasteiger partial charge is 0.324 e. The molecule has 0 unspecified atom stereocenters. The lowest BCUT2D eigenvalue weighted by molar-refractivity contribution is -0.388. The van der Waals surface area contributed by atoms with Gasteiger partial charge in [-0.1, -0.05) is 23.2 Å². The topological polar surface area (TPSA) is 105 Å². The molecule has 2 aromatic rings. The second kappa shape index (κ2) is 6.58. The van der Waals surface area contributed by atoms with Crippen LogP contribution < -0.4 is 5.32 Å². The minimum absolute atomic E-state index is 0.0416. The van der Waals surface area contributed by atoms with Gasteiger partial charge >= 0.3 is 5.69 Å². The van der Waals surface area contributed by atoms with Crippen LogP contribution in [0.15, 0.2) is 29.4 Å². The molecule has 7 nitrogen and oxygen atoms in total. The van der Waals surface area contributed by atoms with Gasteiger partial charge in [-0.2, -0.15) is 10.2 Å². The standard InChI is InChI=1S/C11H5Cl2N5O2S/c12-7-2-1-6(3-8(7)13)16-11-15-4-9(18(19)20)10(17-11)21-5-14/h1-4H,(H,15,16,17). The maximum Gasteiger partial charge on any atom is 0.320 e. The number of thioether (sulfide) groups is 1. The molecular weight excluding hydrogens is 337 g/mol. The number of nitro groups is 1. The third kappa shape index (κ3) is 3.72. The molecular formula is C11H5Cl2N5O2S. The minimum atomic E-state index is -0.650. The number of nitriles is 1. The first-order valence-electron chi connectivity index (χ1n) is 5.30. The fourth-order valence-corrected chi connectivity index (χ4v) is 2.12. The quantitative estimate of drug-likeness (QED) is 0.294. The number of thiocyanates is 1. The third-order valence-electron chi connectivity index (χ3n) is 2.25. The van der Waals surface area contributed by atoms with Crippen LogP contribution >= 0.6 is 35.0 Å². The van der Waals surface area contributed by atoms with Gasteiger partial charge in [-0.15, -0.1) is 0 Å². The van der Waals surface area contributed by atoms with Crippen molar-refractivity contribution in [3.8, 4) is 5.40 Å². The van der Waals surface area contributed by atoms with E-state index >= 15 is 0 Å². The summed E-state index contributed by atoms with van der Waals surface area (Å²) >= 11 is 12.3. The van der Waals surface area contributed by atoms with Gasteiger partial charge < -0.3 is 5.32 Å². The van der Waals surface area contributed by atoms with Crippen LogP contribution in [0.4, 0.5) is 17.3 Å². The molecule has 0 bridgehead atoms. The summed E-state index contributed by atoms with van der Waals surface area (Å²) in [5.74, 6) is 0.108. The van der Waals surface area contributed by atoms with Crippen LogP contribution in [0.25, 0.3) is 0 Å². The Balaban J connectivity index is 2.32. The molecule has 1 N–H and O–H groups in total. The number of rotatable bonds is 4. The fraction of sp³-hybridized carbons (Fsp3) is 0. The van der Waals surface area contributed by atoms with E-state index in [1.54, 1.807) is 23.6 Å². The highest BCUT2D eigenvalue weighted by Crippen LogP contribution is 2.29. The summed E-state index contributed by atoms with van der Waals surface area (Å²) in [6.45, 7) is 0. The molecule has 1 heterocycles. The molecule has 0 spiro atoms. The average molecular weight is 342 g/mol. The summed E-state index contributed by atoms with van der Waals surface area (Å²) in [6, 6.07) is 4.80. The third-order valence-corrected chi connectivity index (χ3v) is 3.57. The van der Waals surface area contributed by atoms with Gasteiger partial charge in [0.2, 0.25) is 5.95 Å². The number of hydrogen-bond acceptors (Lipinski definition) is 7. The first kappa shape index (κ1) is 15.3. The molecule has 2 rings (SSSR count). The average Bonchev–Trinajstić information content (AvgIpc) is 2.43. The molecule has 10 heteroatoms. The van der Waals surface area contributed by atoms with E-state index in [1.807, 2.05) is 0 Å². The van der Waals surface area contributed by atoms with E-state index in [1.165, 1.54) is 0 Å². The molecule has 106 valence electrons. The molecule has 0 amide bonds. The molecule has 0 saturated carbocycles. The first-order chi connectivity index (χ1) is 10.0. The van der Waals surface area contributed by atoms with E-state index in [9.17, 15) is 10.1 Å². The second-order valence-corrected chi connectivity index (χ2v) is 5.18. The van der Waals surface area contributed by atoms with Gasteiger partial charge in [0.05, 0.1) is 15.0 Å². The van der Waals surface area contributed by atoms with Crippen molar-refractivity contribution in [2.75, 3.05) is 5.32 Å². The minimum Gasteiger partial charge on any atom is -0.324 e. The molecule has 0 aliphatic heterocycles. The molecule has 1 aromatic heterocycles. The number of aromatic nitrogens is 2. The van der Waals surface area contributed by atoms with Crippen molar-refractivity contribution in [3.05, 3.63) is 44.6 Å². The predicted octanol–water partition coefficient (Wildman–Crippen LogP) is 4.01. The van der Waals surface area contributed by atoms with Gasteiger partial charge in [0.25, 0.3) is 0 Å². The van der Waals surface area contributed by atoms with Gasteiger partial charge in [-0.3, -0.25) is 10.1 Å². The number of benzene rings is 1. The molecule has 0 atom stereocenters. The number of nitrogens with one attached hydrogen (secondary N) is 1. The lowest BCUT2D eigenvalue weighted by Crippen LogP contribution is -2.01. The number of hydrogen-bond donors (Lipinski definition) is 1. The van der Waals surface area contributed by atoms with Crippen LogP contribution in [0.1, 0.15) is 0 Å². The van der Waals surface area contributed by atoms with Crippen molar-refractivity contribution < 1.29 is 4.92 Å². The maximum atomic E-state index is 10.8. The molecule has 0 aliphatic carbocycles. The van der Waals surface area contributed by atoms with Crippen LogP contribution in [-0.4, -0.2) is 14.9 Å². The Bertz CT molecular complexity index is 750. The highest BCUT2D eigenvalue weighted by Gasteiger charge is 2.18. The summed E-state index contributed by atoms with van der Waals surface area (Å²) in [5.41, 5.74) is 0.229. The summed E-state index contributed by atoms with van der Waals surface area (Å²) in [6.07, 6.45) is 1.03. The van der Waals surface area contributed by atoms with Crippen molar-refractivity contribution in [3.63, 3.8) is 0 Å². The molecule has 0 fully saturated rings. The Morgan fingerprint density at radius 2 is 2.14 bits per heavy atom. The van der Waals surface area contributed by atoms with Crippen molar-refractivity contribution >= 4 is 52.3 Å². The van der Waals surface area contributed by atoms with Gasteiger partial charge in [0.15, 0.2) is 5.03 Å². The summed E-state index contributed by atoms with van der Waals surface area (Å²) in [5, 5.41) is 24.7. The molecule has 21 heavy (non-hydrogen) atoms. The smallest absolute Gasteiger partial charge is 0.320 e. The number of anilines is 2. The molecule has 0 saturated heterocycles. The number of halogens is 2. The highest BCUT2D eigenvalue weighted by molar-refractivity contribution is 8.03. The monoisotopic (exact) mass is 341 g/mol. The summed E-state index contributed by atoms with van der Waals surface area (Å²) in [4.78, 5) is 17.9. The Morgan fingerprint density at radius 3 is 2.76 bits per heavy atom. The number of nitrogens with zero attached hydrogens (tertiary/aromatic N) is 4. The van der Waals surface area contributed by atoms with Gasteiger partial charge in [-0.25, -0.2) is 4.98 Å². The van der Waals surface area contributed by atoms with Crippen LogP contribution in [0.5, 0.6) is 0 Å². The first-order valence-corrected chi connectivity index (χ1v) is 6.88. The molecule has 0 aliphatic rings. The van der Waals surface area contributed by atoms with Crippen molar-refractivity contribution in [1.82, 2.24) is 9.97 Å². The zero-order valence-corrected chi connectivity index (χ0v) is 12.4. The SMILES string of the molecule is N#CSc1nc(Nc2ccc(Cl)c(Cl)c2)ncc1[N+](=O)[O-]. The van der Waals surface area contributed by atoms with Crippen LogP contribution in [0, 0.1) is 20.8 Å². The lowest BCUT2D eigenvalue weighted by Gasteiger charge is -2.06. The Hall–Kier alpha value is -2.08. The molecule has 1 aromatic carbocycles.